The van der Waals surface area contributed by atoms with Crippen LogP contribution in [0.2, 0.25) is 0 Å². The van der Waals surface area contributed by atoms with Crippen LogP contribution in [0.5, 0.6) is 0 Å². The van der Waals surface area contributed by atoms with E-state index in [1.807, 2.05) is 29.1 Å². The average molecular weight is 337 g/mol. The first-order valence-corrected chi connectivity index (χ1v) is 7.65. The third-order valence-electron chi connectivity index (χ3n) is 3.57. The van der Waals surface area contributed by atoms with Gasteiger partial charge in [-0.15, -0.1) is 0 Å². The lowest BCUT2D eigenvalue weighted by Gasteiger charge is -2.10. The van der Waals surface area contributed by atoms with Crippen LogP contribution in [-0.2, 0) is 4.79 Å². The largest absolute Gasteiger partial charge is 0.326 e. The maximum absolute atomic E-state index is 13.9. The molecule has 0 atom stereocenters. The Morgan fingerprint density at radius 2 is 1.64 bits per heavy atom. The van der Waals surface area contributed by atoms with Crippen molar-refractivity contribution in [1.29, 1.82) is 0 Å². The van der Waals surface area contributed by atoms with Crippen LogP contribution >= 0.6 is 0 Å². The van der Waals surface area contributed by atoms with E-state index in [2.05, 4.69) is 10.6 Å². The van der Waals surface area contributed by atoms with Gasteiger partial charge in [-0.25, -0.2) is 4.39 Å². The van der Waals surface area contributed by atoms with Gasteiger partial charge < -0.3 is 15.2 Å². The molecule has 126 valence electrons. The van der Waals surface area contributed by atoms with E-state index in [0.29, 0.717) is 11.3 Å². The van der Waals surface area contributed by atoms with Crippen LogP contribution in [0.4, 0.5) is 15.8 Å². The number of hydrogen-bond donors (Lipinski definition) is 2. The predicted molar refractivity (Wildman–Crippen MR) is 94.4 cm³/mol. The third kappa shape index (κ3) is 3.92. The van der Waals surface area contributed by atoms with Gasteiger partial charge in [-0.05, 0) is 54.6 Å². The van der Waals surface area contributed by atoms with Gasteiger partial charge in [-0.1, -0.05) is 0 Å². The number of carbonyl (C=O) groups is 2. The summed E-state index contributed by atoms with van der Waals surface area (Å²) in [5.74, 6) is -1.28. The zero-order valence-electron chi connectivity index (χ0n) is 13.5. The number of carbonyl (C=O) groups excluding carboxylic acids is 2. The number of rotatable bonds is 4. The van der Waals surface area contributed by atoms with Gasteiger partial charge in [0.2, 0.25) is 5.91 Å². The van der Waals surface area contributed by atoms with Crippen molar-refractivity contribution in [2.75, 3.05) is 10.6 Å². The minimum absolute atomic E-state index is 0.00531. The number of aromatic nitrogens is 1. The molecule has 0 saturated carbocycles. The summed E-state index contributed by atoms with van der Waals surface area (Å²) < 4.78 is 15.8. The van der Waals surface area contributed by atoms with Crippen molar-refractivity contribution in [2.45, 2.75) is 6.92 Å². The van der Waals surface area contributed by atoms with Gasteiger partial charge in [0.15, 0.2) is 0 Å². The maximum Gasteiger partial charge on any atom is 0.255 e. The highest BCUT2D eigenvalue weighted by molar-refractivity contribution is 6.04. The van der Waals surface area contributed by atoms with Gasteiger partial charge in [0.05, 0.1) is 5.69 Å². The summed E-state index contributed by atoms with van der Waals surface area (Å²) in [5, 5.41) is 5.07. The van der Waals surface area contributed by atoms with E-state index < -0.39 is 11.7 Å². The average Bonchev–Trinajstić information content (AvgIpc) is 3.12. The summed E-state index contributed by atoms with van der Waals surface area (Å²) in [6.07, 6.45) is 3.80. The van der Waals surface area contributed by atoms with Crippen molar-refractivity contribution < 1.29 is 14.0 Å². The zero-order valence-corrected chi connectivity index (χ0v) is 13.5. The van der Waals surface area contributed by atoms with E-state index in [9.17, 15) is 14.0 Å². The Hall–Kier alpha value is -3.41. The molecule has 0 spiro atoms. The van der Waals surface area contributed by atoms with Gasteiger partial charge in [-0.2, -0.15) is 0 Å². The summed E-state index contributed by atoms with van der Waals surface area (Å²) in [5.41, 5.74) is 1.73. The molecule has 5 nitrogen and oxygen atoms in total. The number of benzene rings is 2. The molecule has 2 aromatic carbocycles. The number of amides is 2. The lowest BCUT2D eigenvalue weighted by molar-refractivity contribution is -0.114. The smallest absolute Gasteiger partial charge is 0.255 e. The summed E-state index contributed by atoms with van der Waals surface area (Å²) >= 11 is 0. The summed E-state index contributed by atoms with van der Waals surface area (Å²) in [4.78, 5) is 23.4. The van der Waals surface area contributed by atoms with Crippen LogP contribution in [0.1, 0.15) is 17.3 Å². The Labute approximate surface area is 144 Å². The van der Waals surface area contributed by atoms with Crippen molar-refractivity contribution >= 4 is 23.2 Å². The van der Waals surface area contributed by atoms with Crippen LogP contribution in [0.3, 0.4) is 0 Å². The van der Waals surface area contributed by atoms with Crippen molar-refractivity contribution in [3.8, 4) is 5.69 Å². The Morgan fingerprint density at radius 3 is 2.28 bits per heavy atom. The summed E-state index contributed by atoms with van der Waals surface area (Å²) in [6, 6.07) is 14.8. The van der Waals surface area contributed by atoms with E-state index in [1.165, 1.54) is 25.1 Å². The normalized spacial score (nSPS) is 10.3. The minimum atomic E-state index is -0.577. The molecule has 3 rings (SSSR count). The Morgan fingerprint density at radius 1 is 0.960 bits per heavy atom. The van der Waals surface area contributed by atoms with Crippen molar-refractivity contribution in [2.24, 2.45) is 0 Å². The zero-order chi connectivity index (χ0) is 17.8. The SMILES string of the molecule is CC(=O)Nc1ccc(F)c(NC(=O)c2ccc(-n3cccc3)cc2)c1. The Bertz CT molecular complexity index is 903. The first-order chi connectivity index (χ1) is 12.0. The fourth-order valence-electron chi connectivity index (χ4n) is 2.39. The molecule has 2 N–H and O–H groups in total. The molecule has 2 amide bonds. The van der Waals surface area contributed by atoms with Crippen LogP contribution in [-0.4, -0.2) is 16.4 Å². The fourth-order valence-corrected chi connectivity index (χ4v) is 2.39. The second kappa shape index (κ2) is 7.00. The number of nitrogens with one attached hydrogen (secondary N) is 2. The molecule has 0 radical (unpaired) electrons. The van der Waals surface area contributed by atoms with Gasteiger partial charge in [0.25, 0.3) is 5.91 Å². The van der Waals surface area contributed by atoms with E-state index in [1.54, 1.807) is 24.3 Å². The van der Waals surface area contributed by atoms with E-state index in [-0.39, 0.29) is 11.6 Å². The second-order valence-corrected chi connectivity index (χ2v) is 5.47. The van der Waals surface area contributed by atoms with Crippen LogP contribution in [0.15, 0.2) is 67.0 Å². The monoisotopic (exact) mass is 337 g/mol. The highest BCUT2D eigenvalue weighted by Gasteiger charge is 2.11. The van der Waals surface area contributed by atoms with Gasteiger partial charge in [-0.3, -0.25) is 9.59 Å². The molecular weight excluding hydrogens is 321 g/mol. The highest BCUT2D eigenvalue weighted by Crippen LogP contribution is 2.21. The predicted octanol–water partition coefficient (Wildman–Crippen LogP) is 3.83. The molecule has 0 unspecified atom stereocenters. The molecule has 6 heteroatoms. The van der Waals surface area contributed by atoms with Crippen molar-refractivity contribution in [1.82, 2.24) is 4.57 Å². The number of halogens is 1. The van der Waals surface area contributed by atoms with Gasteiger partial charge in [0.1, 0.15) is 5.82 Å². The number of hydrogen-bond acceptors (Lipinski definition) is 2. The molecule has 0 aliphatic rings. The number of nitrogens with zero attached hydrogens (tertiary/aromatic N) is 1. The van der Waals surface area contributed by atoms with Gasteiger partial charge >= 0.3 is 0 Å². The lowest BCUT2D eigenvalue weighted by Crippen LogP contribution is -2.14. The Kier molecular flexibility index (Phi) is 4.61. The molecular formula is C19H16FN3O2. The molecule has 0 saturated heterocycles. The molecule has 0 bridgehead atoms. The van der Waals surface area contributed by atoms with Crippen molar-refractivity contribution in [3.05, 3.63) is 78.4 Å². The van der Waals surface area contributed by atoms with E-state index >= 15 is 0 Å². The molecule has 25 heavy (non-hydrogen) atoms. The lowest BCUT2D eigenvalue weighted by atomic mass is 10.2. The molecule has 1 heterocycles. The topological polar surface area (TPSA) is 63.1 Å². The molecule has 0 aliphatic carbocycles. The van der Waals surface area contributed by atoms with E-state index in [4.69, 9.17) is 0 Å². The molecule has 0 fully saturated rings. The number of anilines is 2. The van der Waals surface area contributed by atoms with Gasteiger partial charge in [0, 0.05) is 36.3 Å². The molecule has 0 aliphatic heterocycles. The fraction of sp³-hybridized carbons (Fsp3) is 0.0526. The summed E-state index contributed by atoms with van der Waals surface area (Å²) in [7, 11) is 0. The molecule has 1 aromatic heterocycles. The first-order valence-electron chi connectivity index (χ1n) is 7.65. The Balaban J connectivity index is 1.77. The first kappa shape index (κ1) is 16.4. The van der Waals surface area contributed by atoms with Crippen LogP contribution in [0.25, 0.3) is 5.69 Å². The van der Waals surface area contributed by atoms with E-state index in [0.717, 1.165) is 5.69 Å². The minimum Gasteiger partial charge on any atom is -0.326 e. The maximum atomic E-state index is 13.9. The quantitative estimate of drug-likeness (QED) is 0.760. The molecule has 3 aromatic rings. The highest BCUT2D eigenvalue weighted by atomic mass is 19.1. The third-order valence-corrected chi connectivity index (χ3v) is 3.57. The standard InChI is InChI=1S/C19H16FN3O2/c1-13(24)21-15-6-9-17(20)18(12-15)22-19(25)14-4-7-16(8-5-14)23-10-2-3-11-23/h2-12H,1H3,(H,21,24)(H,22,25). The second-order valence-electron chi connectivity index (χ2n) is 5.47. The summed E-state index contributed by atoms with van der Waals surface area (Å²) in [6.45, 7) is 1.36. The van der Waals surface area contributed by atoms with Crippen LogP contribution < -0.4 is 10.6 Å². The van der Waals surface area contributed by atoms with Crippen LogP contribution in [0, 0.1) is 5.82 Å². The van der Waals surface area contributed by atoms with Crippen molar-refractivity contribution in [3.63, 3.8) is 0 Å².